The van der Waals surface area contributed by atoms with Gasteiger partial charge in [0.2, 0.25) is 0 Å². The van der Waals surface area contributed by atoms with Crippen molar-refractivity contribution < 1.29 is 4.79 Å². The van der Waals surface area contributed by atoms with Gasteiger partial charge < -0.3 is 9.80 Å². The van der Waals surface area contributed by atoms with Crippen molar-refractivity contribution in [2.45, 2.75) is 0 Å². The summed E-state index contributed by atoms with van der Waals surface area (Å²) in [5.41, 5.74) is 2.45. The summed E-state index contributed by atoms with van der Waals surface area (Å²) in [6.07, 6.45) is 3.51. The highest BCUT2D eigenvalue weighted by molar-refractivity contribution is 9.10. The molecule has 0 saturated carbocycles. The molecule has 0 atom stereocenters. The smallest absolute Gasteiger partial charge is 0.255 e. The van der Waals surface area contributed by atoms with Gasteiger partial charge >= 0.3 is 0 Å². The van der Waals surface area contributed by atoms with Crippen LogP contribution in [0.25, 0.3) is 11.3 Å². The molecule has 7 heteroatoms. The fourth-order valence-corrected chi connectivity index (χ4v) is 3.56. The molecule has 1 fully saturated rings. The Morgan fingerprint density at radius 1 is 0.926 bits per heavy atom. The number of aromatic nitrogens is 3. The highest BCUT2D eigenvalue weighted by Gasteiger charge is 2.24. The average Bonchev–Trinajstić information content (AvgIpc) is 2.74. The molecule has 6 nitrogen and oxygen atoms in total. The molecule has 0 aliphatic carbocycles. The van der Waals surface area contributed by atoms with Gasteiger partial charge in [0.15, 0.2) is 5.82 Å². The lowest BCUT2D eigenvalue weighted by molar-refractivity contribution is 0.0745. The van der Waals surface area contributed by atoms with Crippen LogP contribution in [0.15, 0.2) is 65.4 Å². The van der Waals surface area contributed by atoms with E-state index in [2.05, 4.69) is 36.0 Å². The normalized spacial score (nSPS) is 14.3. The van der Waals surface area contributed by atoms with Crippen molar-refractivity contribution in [2.24, 2.45) is 0 Å². The first-order valence-corrected chi connectivity index (χ1v) is 9.54. The monoisotopic (exact) mass is 423 g/mol. The van der Waals surface area contributed by atoms with Crippen LogP contribution in [0.4, 0.5) is 5.82 Å². The number of carbonyl (C=O) groups excluding carboxylic acids is 1. The van der Waals surface area contributed by atoms with E-state index in [0.717, 1.165) is 34.6 Å². The Balaban J connectivity index is 1.41. The van der Waals surface area contributed by atoms with E-state index in [-0.39, 0.29) is 5.91 Å². The lowest BCUT2D eigenvalue weighted by atomic mass is 10.2. The molecule has 136 valence electrons. The van der Waals surface area contributed by atoms with Crippen LogP contribution < -0.4 is 4.90 Å². The SMILES string of the molecule is O=C(c1ccccc1Br)N1CCN(c2ccc(-c3cccnc3)nn2)CC1. The third-order valence-electron chi connectivity index (χ3n) is 4.60. The number of piperazine rings is 1. The quantitative estimate of drug-likeness (QED) is 0.646. The van der Waals surface area contributed by atoms with Gasteiger partial charge in [-0.25, -0.2) is 0 Å². The lowest BCUT2D eigenvalue weighted by Crippen LogP contribution is -2.49. The van der Waals surface area contributed by atoms with Gasteiger partial charge in [0.05, 0.1) is 11.3 Å². The molecule has 1 aromatic carbocycles. The maximum absolute atomic E-state index is 12.7. The topological polar surface area (TPSA) is 62.2 Å². The second-order valence-electron chi connectivity index (χ2n) is 6.28. The molecule has 0 unspecified atom stereocenters. The second-order valence-corrected chi connectivity index (χ2v) is 7.13. The summed E-state index contributed by atoms with van der Waals surface area (Å²) in [5, 5.41) is 8.68. The summed E-state index contributed by atoms with van der Waals surface area (Å²) in [7, 11) is 0. The summed E-state index contributed by atoms with van der Waals surface area (Å²) in [6, 6.07) is 15.3. The number of nitrogens with zero attached hydrogens (tertiary/aromatic N) is 5. The van der Waals surface area contributed by atoms with Crippen LogP contribution in [0.2, 0.25) is 0 Å². The molecule has 1 aliphatic rings. The van der Waals surface area contributed by atoms with E-state index in [1.165, 1.54) is 0 Å². The van der Waals surface area contributed by atoms with Gasteiger partial charge in [-0.05, 0) is 52.3 Å². The Hall–Kier alpha value is -2.80. The zero-order chi connectivity index (χ0) is 18.6. The number of hydrogen-bond donors (Lipinski definition) is 0. The van der Waals surface area contributed by atoms with Crippen LogP contribution in [0.5, 0.6) is 0 Å². The molecule has 4 rings (SSSR count). The van der Waals surface area contributed by atoms with Crippen molar-refractivity contribution in [2.75, 3.05) is 31.1 Å². The molecule has 0 bridgehead atoms. The largest absolute Gasteiger partial charge is 0.352 e. The van der Waals surface area contributed by atoms with Gasteiger partial charge in [-0.15, -0.1) is 10.2 Å². The minimum atomic E-state index is 0.0557. The van der Waals surface area contributed by atoms with Crippen LogP contribution in [-0.4, -0.2) is 52.2 Å². The molecule has 1 aliphatic heterocycles. The zero-order valence-corrected chi connectivity index (χ0v) is 16.2. The van der Waals surface area contributed by atoms with Gasteiger partial charge in [0, 0.05) is 48.6 Å². The van der Waals surface area contributed by atoms with E-state index in [1.54, 1.807) is 12.4 Å². The zero-order valence-electron chi connectivity index (χ0n) is 14.6. The van der Waals surface area contributed by atoms with Crippen LogP contribution in [0.1, 0.15) is 10.4 Å². The number of carbonyl (C=O) groups is 1. The van der Waals surface area contributed by atoms with E-state index in [1.807, 2.05) is 53.4 Å². The van der Waals surface area contributed by atoms with Gasteiger partial charge in [-0.3, -0.25) is 9.78 Å². The van der Waals surface area contributed by atoms with Gasteiger partial charge in [-0.2, -0.15) is 0 Å². The first-order valence-electron chi connectivity index (χ1n) is 8.75. The average molecular weight is 424 g/mol. The van der Waals surface area contributed by atoms with Crippen molar-refractivity contribution >= 4 is 27.7 Å². The van der Waals surface area contributed by atoms with E-state index in [0.29, 0.717) is 18.7 Å². The molecule has 27 heavy (non-hydrogen) atoms. The van der Waals surface area contributed by atoms with E-state index >= 15 is 0 Å². The van der Waals surface area contributed by atoms with Gasteiger partial charge in [0.1, 0.15) is 0 Å². The molecule has 3 heterocycles. The first kappa shape index (κ1) is 17.6. The number of pyridine rings is 1. The molecule has 1 amide bonds. The van der Waals surface area contributed by atoms with Crippen molar-refractivity contribution in [1.82, 2.24) is 20.1 Å². The van der Waals surface area contributed by atoms with Crippen LogP contribution in [0, 0.1) is 0 Å². The number of amides is 1. The van der Waals surface area contributed by atoms with Crippen molar-refractivity contribution in [3.05, 3.63) is 71.0 Å². The van der Waals surface area contributed by atoms with E-state index in [4.69, 9.17) is 0 Å². The van der Waals surface area contributed by atoms with Gasteiger partial charge in [0.25, 0.3) is 5.91 Å². The third kappa shape index (κ3) is 3.83. The Morgan fingerprint density at radius 2 is 1.74 bits per heavy atom. The summed E-state index contributed by atoms with van der Waals surface area (Å²) in [6.45, 7) is 2.78. The standard InChI is InChI=1S/C20H18BrN5O/c21-17-6-2-1-5-16(17)20(27)26-12-10-25(11-13-26)19-8-7-18(23-24-19)15-4-3-9-22-14-15/h1-9,14H,10-13H2. The Kier molecular flexibility index (Phi) is 5.11. The van der Waals surface area contributed by atoms with Crippen LogP contribution in [-0.2, 0) is 0 Å². The fraction of sp³-hybridized carbons (Fsp3) is 0.200. The molecular formula is C20H18BrN5O. The van der Waals surface area contributed by atoms with Crippen LogP contribution >= 0.6 is 15.9 Å². The van der Waals surface area contributed by atoms with Crippen molar-refractivity contribution in [3.8, 4) is 11.3 Å². The highest BCUT2D eigenvalue weighted by Crippen LogP contribution is 2.21. The predicted octanol–water partition coefficient (Wildman–Crippen LogP) is 3.26. The molecule has 2 aromatic heterocycles. The summed E-state index contributed by atoms with van der Waals surface area (Å²) in [4.78, 5) is 20.9. The Morgan fingerprint density at radius 3 is 2.41 bits per heavy atom. The Labute approximate surface area is 166 Å². The fourth-order valence-electron chi connectivity index (χ4n) is 3.11. The van der Waals surface area contributed by atoms with Crippen LogP contribution in [0.3, 0.4) is 0 Å². The first-order chi connectivity index (χ1) is 13.2. The number of halogens is 1. The lowest BCUT2D eigenvalue weighted by Gasteiger charge is -2.35. The minimum Gasteiger partial charge on any atom is -0.352 e. The van der Waals surface area contributed by atoms with Crippen molar-refractivity contribution in [3.63, 3.8) is 0 Å². The van der Waals surface area contributed by atoms with E-state index < -0.39 is 0 Å². The maximum Gasteiger partial charge on any atom is 0.255 e. The predicted molar refractivity (Wildman–Crippen MR) is 108 cm³/mol. The number of hydrogen-bond acceptors (Lipinski definition) is 5. The number of anilines is 1. The number of benzene rings is 1. The third-order valence-corrected chi connectivity index (χ3v) is 5.29. The molecule has 1 saturated heterocycles. The van der Waals surface area contributed by atoms with E-state index in [9.17, 15) is 4.79 Å². The summed E-state index contributed by atoms with van der Waals surface area (Å²) < 4.78 is 0.828. The summed E-state index contributed by atoms with van der Waals surface area (Å²) in [5.74, 6) is 0.885. The number of rotatable bonds is 3. The second kappa shape index (κ2) is 7.84. The Bertz CT molecular complexity index is 925. The molecule has 3 aromatic rings. The summed E-state index contributed by atoms with van der Waals surface area (Å²) >= 11 is 3.46. The molecule has 0 N–H and O–H groups in total. The highest BCUT2D eigenvalue weighted by atomic mass is 79.9. The van der Waals surface area contributed by atoms with Crippen molar-refractivity contribution in [1.29, 1.82) is 0 Å². The maximum atomic E-state index is 12.7. The minimum absolute atomic E-state index is 0.0557. The molecular weight excluding hydrogens is 406 g/mol. The molecule has 0 spiro atoms. The van der Waals surface area contributed by atoms with Gasteiger partial charge in [-0.1, -0.05) is 12.1 Å². The molecule has 0 radical (unpaired) electrons.